The van der Waals surface area contributed by atoms with Gasteiger partial charge in [0, 0.05) is 17.7 Å². The number of nitro benzene ring substituents is 1. The number of rotatable bonds is 5. The Kier molecular flexibility index (Phi) is 4.56. The number of hydrogen-bond acceptors (Lipinski definition) is 6. The van der Waals surface area contributed by atoms with Crippen LogP contribution in [0.2, 0.25) is 0 Å². The van der Waals surface area contributed by atoms with Crippen LogP contribution in [0, 0.1) is 10.1 Å². The van der Waals surface area contributed by atoms with Gasteiger partial charge >= 0.3 is 5.97 Å². The SMILES string of the molecule is CCOc1ccc(C2=N/C(=C\c3cccc([N+](=O)[O-])c3)C(=O)O2)cc1. The van der Waals surface area contributed by atoms with Crippen molar-refractivity contribution < 1.29 is 19.2 Å². The van der Waals surface area contributed by atoms with Crippen LogP contribution in [0.1, 0.15) is 18.1 Å². The fourth-order valence-corrected chi connectivity index (χ4v) is 2.28. The van der Waals surface area contributed by atoms with Crippen LogP contribution in [0.25, 0.3) is 6.08 Å². The minimum Gasteiger partial charge on any atom is -0.494 e. The van der Waals surface area contributed by atoms with Crippen molar-refractivity contribution in [2.75, 3.05) is 6.61 Å². The lowest BCUT2D eigenvalue weighted by atomic mass is 10.1. The normalized spacial score (nSPS) is 15.0. The van der Waals surface area contributed by atoms with Crippen molar-refractivity contribution >= 4 is 23.6 Å². The summed E-state index contributed by atoms with van der Waals surface area (Å²) >= 11 is 0. The molecule has 0 atom stereocenters. The first-order valence-electron chi connectivity index (χ1n) is 7.57. The van der Waals surface area contributed by atoms with Gasteiger partial charge in [-0.3, -0.25) is 10.1 Å². The fourth-order valence-electron chi connectivity index (χ4n) is 2.28. The quantitative estimate of drug-likeness (QED) is 0.361. The van der Waals surface area contributed by atoms with Crippen molar-refractivity contribution in [3.05, 3.63) is 75.5 Å². The maximum atomic E-state index is 12.0. The van der Waals surface area contributed by atoms with Gasteiger partial charge in [-0.1, -0.05) is 12.1 Å². The molecule has 0 radical (unpaired) electrons. The van der Waals surface area contributed by atoms with Crippen LogP contribution in [0.3, 0.4) is 0 Å². The number of esters is 1. The molecular weight excluding hydrogens is 324 g/mol. The Labute approximate surface area is 143 Å². The number of carbonyl (C=O) groups excluding carboxylic acids is 1. The summed E-state index contributed by atoms with van der Waals surface area (Å²) in [6.07, 6.45) is 1.46. The third-order valence-electron chi connectivity index (χ3n) is 3.42. The summed E-state index contributed by atoms with van der Waals surface area (Å²) in [5.41, 5.74) is 1.16. The van der Waals surface area contributed by atoms with E-state index in [0.717, 1.165) is 0 Å². The lowest BCUT2D eigenvalue weighted by Gasteiger charge is -2.03. The molecule has 0 spiro atoms. The molecule has 2 aromatic carbocycles. The lowest BCUT2D eigenvalue weighted by molar-refractivity contribution is -0.384. The summed E-state index contributed by atoms with van der Waals surface area (Å²) in [5.74, 6) is 0.295. The highest BCUT2D eigenvalue weighted by molar-refractivity contribution is 6.12. The van der Waals surface area contributed by atoms with Gasteiger partial charge in [0.05, 0.1) is 11.5 Å². The van der Waals surface area contributed by atoms with E-state index in [1.54, 1.807) is 36.4 Å². The second kappa shape index (κ2) is 6.96. The van der Waals surface area contributed by atoms with Gasteiger partial charge < -0.3 is 9.47 Å². The number of ether oxygens (including phenoxy) is 2. The van der Waals surface area contributed by atoms with Crippen LogP contribution in [0.15, 0.2) is 59.2 Å². The highest BCUT2D eigenvalue weighted by Crippen LogP contribution is 2.22. The van der Waals surface area contributed by atoms with Gasteiger partial charge in [0.25, 0.3) is 5.69 Å². The van der Waals surface area contributed by atoms with Crippen molar-refractivity contribution in [1.82, 2.24) is 0 Å². The van der Waals surface area contributed by atoms with Gasteiger partial charge in [0.2, 0.25) is 5.90 Å². The second-order valence-electron chi connectivity index (χ2n) is 5.15. The highest BCUT2D eigenvalue weighted by Gasteiger charge is 2.24. The summed E-state index contributed by atoms with van der Waals surface area (Å²) < 4.78 is 10.5. The molecule has 126 valence electrons. The Balaban J connectivity index is 1.87. The van der Waals surface area contributed by atoms with Crippen LogP contribution < -0.4 is 4.74 Å². The molecule has 3 rings (SSSR count). The summed E-state index contributed by atoms with van der Waals surface area (Å²) in [6.45, 7) is 2.45. The maximum Gasteiger partial charge on any atom is 0.363 e. The molecule has 25 heavy (non-hydrogen) atoms. The smallest absolute Gasteiger partial charge is 0.363 e. The van der Waals surface area contributed by atoms with Crippen molar-refractivity contribution in [3.8, 4) is 5.75 Å². The molecule has 0 saturated heterocycles. The lowest BCUT2D eigenvalue weighted by Crippen LogP contribution is -2.05. The molecule has 7 heteroatoms. The minimum atomic E-state index is -0.601. The predicted octanol–water partition coefficient (Wildman–Crippen LogP) is 3.34. The van der Waals surface area contributed by atoms with Crippen molar-refractivity contribution in [1.29, 1.82) is 0 Å². The van der Waals surface area contributed by atoms with E-state index in [4.69, 9.17) is 9.47 Å². The van der Waals surface area contributed by atoms with E-state index in [1.165, 1.54) is 18.2 Å². The topological polar surface area (TPSA) is 91.0 Å². The van der Waals surface area contributed by atoms with Gasteiger partial charge in [-0.05, 0) is 42.8 Å². The van der Waals surface area contributed by atoms with E-state index < -0.39 is 10.9 Å². The molecule has 0 unspecified atom stereocenters. The largest absolute Gasteiger partial charge is 0.494 e. The first-order valence-corrected chi connectivity index (χ1v) is 7.57. The van der Waals surface area contributed by atoms with Gasteiger partial charge in [-0.2, -0.15) is 0 Å². The number of nitrogens with zero attached hydrogens (tertiary/aromatic N) is 2. The maximum absolute atomic E-state index is 12.0. The fraction of sp³-hybridized carbons (Fsp3) is 0.111. The number of hydrogen-bond donors (Lipinski definition) is 0. The van der Waals surface area contributed by atoms with Crippen molar-refractivity contribution in [2.24, 2.45) is 4.99 Å². The zero-order chi connectivity index (χ0) is 17.8. The van der Waals surface area contributed by atoms with Crippen LogP contribution in [0.4, 0.5) is 5.69 Å². The third-order valence-corrected chi connectivity index (χ3v) is 3.42. The van der Waals surface area contributed by atoms with Crippen LogP contribution in [-0.2, 0) is 9.53 Å². The van der Waals surface area contributed by atoms with Crippen LogP contribution in [0.5, 0.6) is 5.75 Å². The number of benzene rings is 2. The average Bonchev–Trinajstić information content (AvgIpc) is 2.97. The number of carbonyl (C=O) groups is 1. The zero-order valence-electron chi connectivity index (χ0n) is 13.3. The summed E-state index contributed by atoms with van der Waals surface area (Å²) in [5, 5.41) is 10.8. The molecule has 1 aliphatic heterocycles. The minimum absolute atomic E-state index is 0.0589. The van der Waals surface area contributed by atoms with E-state index in [9.17, 15) is 14.9 Å². The second-order valence-corrected chi connectivity index (χ2v) is 5.15. The predicted molar refractivity (Wildman–Crippen MR) is 91.3 cm³/mol. The van der Waals surface area contributed by atoms with E-state index in [-0.39, 0.29) is 17.3 Å². The third kappa shape index (κ3) is 3.72. The summed E-state index contributed by atoms with van der Waals surface area (Å²) in [7, 11) is 0. The molecular formula is C18H14N2O5. The average molecular weight is 338 g/mol. The molecule has 0 fully saturated rings. The molecule has 7 nitrogen and oxygen atoms in total. The van der Waals surface area contributed by atoms with E-state index in [2.05, 4.69) is 4.99 Å². The van der Waals surface area contributed by atoms with E-state index >= 15 is 0 Å². The monoisotopic (exact) mass is 338 g/mol. The Morgan fingerprint density at radius 1 is 1.24 bits per heavy atom. The Hall–Kier alpha value is -3.48. The van der Waals surface area contributed by atoms with Crippen molar-refractivity contribution in [3.63, 3.8) is 0 Å². The summed E-state index contributed by atoms with van der Waals surface area (Å²) in [6, 6.07) is 12.9. The number of non-ortho nitro benzene ring substituents is 1. The van der Waals surface area contributed by atoms with Gasteiger partial charge in [0.15, 0.2) is 5.70 Å². The van der Waals surface area contributed by atoms with E-state index in [0.29, 0.717) is 23.5 Å². The molecule has 0 aromatic heterocycles. The molecule has 1 heterocycles. The molecule has 0 amide bonds. The first kappa shape index (κ1) is 16.4. The number of nitro groups is 1. The zero-order valence-corrected chi connectivity index (χ0v) is 13.3. The molecule has 0 aliphatic carbocycles. The van der Waals surface area contributed by atoms with Gasteiger partial charge in [0.1, 0.15) is 5.75 Å². The van der Waals surface area contributed by atoms with E-state index in [1.807, 2.05) is 6.92 Å². The molecule has 0 saturated carbocycles. The number of aliphatic imine (C=N–C) groups is 1. The Morgan fingerprint density at radius 2 is 2.00 bits per heavy atom. The molecule has 1 aliphatic rings. The first-order chi connectivity index (χ1) is 12.1. The van der Waals surface area contributed by atoms with Crippen LogP contribution >= 0.6 is 0 Å². The Morgan fingerprint density at radius 3 is 2.68 bits per heavy atom. The van der Waals surface area contributed by atoms with Crippen LogP contribution in [-0.4, -0.2) is 23.4 Å². The molecule has 0 N–H and O–H groups in total. The highest BCUT2D eigenvalue weighted by atomic mass is 16.6. The van der Waals surface area contributed by atoms with Crippen molar-refractivity contribution in [2.45, 2.75) is 6.92 Å². The Bertz CT molecular complexity index is 885. The standard InChI is InChI=1S/C18H14N2O5/c1-2-24-15-8-6-13(7-9-15)17-19-16(18(21)25-17)11-12-4-3-5-14(10-12)20(22)23/h3-11H,2H2,1H3/b16-11-. The van der Waals surface area contributed by atoms with Gasteiger partial charge in [-0.25, -0.2) is 9.79 Å². The molecule has 2 aromatic rings. The summed E-state index contributed by atoms with van der Waals surface area (Å²) in [4.78, 5) is 26.5. The number of cyclic esters (lactones) is 1. The van der Waals surface area contributed by atoms with Gasteiger partial charge in [-0.15, -0.1) is 0 Å². The molecule has 0 bridgehead atoms.